The standard InChI is InChI=1S/C6H3N5O3/c7-1-6-2(8-4(13)10-6)3(12)9-5(14)11-6/h(H,10,13)(H2,9,11,12,14). The van der Waals surface area contributed by atoms with Crippen LogP contribution in [0.3, 0.4) is 0 Å². The van der Waals surface area contributed by atoms with Crippen LogP contribution in [0, 0.1) is 11.3 Å². The molecule has 0 radical (unpaired) electrons. The van der Waals surface area contributed by atoms with Crippen molar-refractivity contribution in [2.45, 2.75) is 5.66 Å². The predicted octanol–water partition coefficient (Wildman–Crippen LogP) is -1.79. The number of rotatable bonds is 0. The van der Waals surface area contributed by atoms with Crippen molar-refractivity contribution in [1.29, 1.82) is 5.26 Å². The summed E-state index contributed by atoms with van der Waals surface area (Å²) in [4.78, 5) is 36.2. The third kappa shape index (κ3) is 0.861. The Labute approximate surface area is 77.0 Å². The molecule has 1 saturated heterocycles. The third-order valence-corrected chi connectivity index (χ3v) is 1.77. The lowest BCUT2D eigenvalue weighted by Gasteiger charge is -2.27. The van der Waals surface area contributed by atoms with Gasteiger partial charge in [0, 0.05) is 0 Å². The highest BCUT2D eigenvalue weighted by molar-refractivity contribution is 6.49. The zero-order valence-corrected chi connectivity index (χ0v) is 6.62. The normalized spacial score (nSPS) is 29.4. The van der Waals surface area contributed by atoms with Crippen LogP contribution in [-0.4, -0.2) is 29.3 Å². The number of imide groups is 1. The van der Waals surface area contributed by atoms with E-state index >= 15 is 0 Å². The minimum Gasteiger partial charge on any atom is -0.297 e. The number of hydrogen-bond acceptors (Lipinski definition) is 4. The first-order valence-corrected chi connectivity index (χ1v) is 3.53. The zero-order chi connectivity index (χ0) is 10.3. The minimum atomic E-state index is -1.81. The zero-order valence-electron chi connectivity index (χ0n) is 6.62. The number of carbonyl (C=O) groups is 3. The topological polar surface area (TPSA) is 123 Å². The number of nitrogens with one attached hydrogen (secondary N) is 3. The lowest BCUT2D eigenvalue weighted by Crippen LogP contribution is -2.70. The number of nitriles is 1. The van der Waals surface area contributed by atoms with Gasteiger partial charge < -0.3 is 0 Å². The summed E-state index contributed by atoms with van der Waals surface area (Å²) in [6.45, 7) is 0. The highest BCUT2D eigenvalue weighted by Crippen LogP contribution is 2.13. The van der Waals surface area contributed by atoms with Gasteiger partial charge in [-0.25, -0.2) is 9.59 Å². The first-order chi connectivity index (χ1) is 6.57. The van der Waals surface area contributed by atoms with Crippen molar-refractivity contribution in [2.75, 3.05) is 0 Å². The molecule has 3 N–H and O–H groups in total. The Morgan fingerprint density at radius 3 is 2.64 bits per heavy atom. The molecule has 0 aromatic carbocycles. The molecule has 14 heavy (non-hydrogen) atoms. The Morgan fingerprint density at radius 2 is 2.00 bits per heavy atom. The van der Waals surface area contributed by atoms with Gasteiger partial charge in [-0.3, -0.25) is 20.7 Å². The Kier molecular flexibility index (Phi) is 1.34. The molecule has 1 fully saturated rings. The Bertz CT molecular complexity index is 433. The van der Waals surface area contributed by atoms with Crippen molar-refractivity contribution in [3.63, 3.8) is 0 Å². The Hall–Kier alpha value is -2.43. The molecule has 8 heteroatoms. The molecule has 2 aliphatic heterocycles. The van der Waals surface area contributed by atoms with E-state index in [9.17, 15) is 14.4 Å². The van der Waals surface area contributed by atoms with Crippen molar-refractivity contribution < 1.29 is 14.4 Å². The summed E-state index contributed by atoms with van der Waals surface area (Å²) in [5.74, 6) is -0.853. The van der Waals surface area contributed by atoms with Crippen LogP contribution in [0.1, 0.15) is 0 Å². The van der Waals surface area contributed by atoms with E-state index in [1.807, 2.05) is 5.32 Å². The molecule has 0 spiro atoms. The average Bonchev–Trinajstić information content (AvgIpc) is 2.43. The number of amides is 5. The number of fused-ring (bicyclic) bond motifs is 1. The van der Waals surface area contributed by atoms with Gasteiger partial charge in [0.2, 0.25) is 0 Å². The number of nitrogens with zero attached hydrogens (tertiary/aromatic N) is 2. The molecule has 8 nitrogen and oxygen atoms in total. The predicted molar refractivity (Wildman–Crippen MR) is 41.0 cm³/mol. The molecule has 70 valence electrons. The molecular weight excluding hydrogens is 190 g/mol. The Balaban J connectivity index is 2.52. The summed E-state index contributed by atoms with van der Waals surface area (Å²) in [5, 5.41) is 14.8. The molecule has 0 saturated carbocycles. The summed E-state index contributed by atoms with van der Waals surface area (Å²) < 4.78 is 0. The van der Waals surface area contributed by atoms with E-state index in [0.29, 0.717) is 0 Å². The van der Waals surface area contributed by atoms with Crippen LogP contribution in [-0.2, 0) is 4.79 Å². The largest absolute Gasteiger partial charge is 0.344 e. The monoisotopic (exact) mass is 193 g/mol. The maximum absolute atomic E-state index is 11.1. The van der Waals surface area contributed by atoms with Gasteiger partial charge in [-0.15, -0.1) is 0 Å². The molecule has 0 bridgehead atoms. The van der Waals surface area contributed by atoms with E-state index in [1.54, 1.807) is 6.07 Å². The lowest BCUT2D eigenvalue weighted by atomic mass is 10.0. The maximum Gasteiger partial charge on any atom is 0.344 e. The smallest absolute Gasteiger partial charge is 0.297 e. The van der Waals surface area contributed by atoms with Crippen LogP contribution in [0.25, 0.3) is 0 Å². The number of urea groups is 2. The fourth-order valence-corrected chi connectivity index (χ4v) is 1.22. The molecule has 2 aliphatic rings. The second-order valence-electron chi connectivity index (χ2n) is 2.66. The molecule has 0 aromatic rings. The number of aliphatic imine (C=N–C) groups is 1. The molecule has 1 unspecified atom stereocenters. The lowest BCUT2D eigenvalue weighted by molar-refractivity contribution is -0.114. The van der Waals surface area contributed by atoms with E-state index in [2.05, 4.69) is 15.6 Å². The molecule has 5 amide bonds. The molecule has 0 aliphatic carbocycles. The maximum atomic E-state index is 11.1. The van der Waals surface area contributed by atoms with E-state index in [0.717, 1.165) is 0 Å². The molecule has 2 rings (SSSR count). The average molecular weight is 193 g/mol. The first-order valence-electron chi connectivity index (χ1n) is 3.53. The van der Waals surface area contributed by atoms with Gasteiger partial charge in [-0.2, -0.15) is 10.3 Å². The summed E-state index contributed by atoms with van der Waals surface area (Å²) in [6.07, 6.45) is 0. The van der Waals surface area contributed by atoms with Crippen LogP contribution < -0.4 is 16.0 Å². The van der Waals surface area contributed by atoms with Gasteiger partial charge >= 0.3 is 12.1 Å². The fourth-order valence-electron chi connectivity index (χ4n) is 1.22. The van der Waals surface area contributed by atoms with Gasteiger partial charge in [0.1, 0.15) is 6.07 Å². The van der Waals surface area contributed by atoms with Gasteiger partial charge in [-0.1, -0.05) is 0 Å². The quantitative estimate of drug-likeness (QED) is 0.420. The second kappa shape index (κ2) is 2.29. The second-order valence-corrected chi connectivity index (χ2v) is 2.66. The van der Waals surface area contributed by atoms with E-state index in [1.165, 1.54) is 0 Å². The summed E-state index contributed by atoms with van der Waals surface area (Å²) >= 11 is 0. The third-order valence-electron chi connectivity index (χ3n) is 1.77. The molecule has 0 aromatic heterocycles. The van der Waals surface area contributed by atoms with Crippen LogP contribution in [0.5, 0.6) is 0 Å². The highest BCUT2D eigenvalue weighted by Gasteiger charge is 2.51. The van der Waals surface area contributed by atoms with Crippen LogP contribution >= 0.6 is 0 Å². The highest BCUT2D eigenvalue weighted by atomic mass is 16.2. The van der Waals surface area contributed by atoms with Crippen molar-refractivity contribution in [3.8, 4) is 6.07 Å². The number of hydrogen-bond donors (Lipinski definition) is 3. The Morgan fingerprint density at radius 1 is 1.29 bits per heavy atom. The molecule has 2 heterocycles. The minimum absolute atomic E-state index is 0.343. The summed E-state index contributed by atoms with van der Waals surface area (Å²) in [7, 11) is 0. The van der Waals surface area contributed by atoms with Crippen molar-refractivity contribution in [3.05, 3.63) is 0 Å². The van der Waals surface area contributed by atoms with Crippen molar-refractivity contribution >= 4 is 23.7 Å². The van der Waals surface area contributed by atoms with Crippen LogP contribution in [0.2, 0.25) is 0 Å². The van der Waals surface area contributed by atoms with Crippen LogP contribution in [0.4, 0.5) is 9.59 Å². The first kappa shape index (κ1) is 8.18. The molecule has 1 atom stereocenters. The van der Waals surface area contributed by atoms with Gasteiger partial charge in [0.05, 0.1) is 0 Å². The number of carbonyl (C=O) groups excluding carboxylic acids is 3. The van der Waals surface area contributed by atoms with Gasteiger partial charge in [0.15, 0.2) is 5.71 Å². The summed E-state index contributed by atoms with van der Waals surface area (Å²) in [6, 6.07) is -0.0686. The SMILES string of the molecule is N#CC12NC(=O)N=C1C(=O)NC(=O)N2. The van der Waals surface area contributed by atoms with Crippen molar-refractivity contribution in [2.24, 2.45) is 4.99 Å². The van der Waals surface area contributed by atoms with E-state index < -0.39 is 23.6 Å². The van der Waals surface area contributed by atoms with Gasteiger partial charge in [-0.05, 0) is 0 Å². The van der Waals surface area contributed by atoms with Crippen molar-refractivity contribution in [1.82, 2.24) is 16.0 Å². The molecular formula is C6H3N5O3. The fraction of sp³-hybridized carbons (Fsp3) is 0.167. The van der Waals surface area contributed by atoms with E-state index in [-0.39, 0.29) is 5.71 Å². The summed E-state index contributed by atoms with van der Waals surface area (Å²) in [5.41, 5.74) is -2.15. The van der Waals surface area contributed by atoms with Gasteiger partial charge in [0.25, 0.3) is 11.6 Å². The van der Waals surface area contributed by atoms with E-state index in [4.69, 9.17) is 5.26 Å². The van der Waals surface area contributed by atoms with Crippen LogP contribution in [0.15, 0.2) is 4.99 Å².